The molecule has 28 heavy (non-hydrogen) atoms. The Bertz CT molecular complexity index is 766. The smallest absolute Gasteiger partial charge is 0.413 e. The highest BCUT2D eigenvalue weighted by Crippen LogP contribution is 2.28. The molecule has 1 heterocycles. The van der Waals surface area contributed by atoms with Crippen molar-refractivity contribution in [3.05, 3.63) is 23.8 Å². The zero-order chi connectivity index (χ0) is 20.7. The van der Waals surface area contributed by atoms with Gasteiger partial charge in [0.2, 0.25) is 0 Å². The molecule has 2 N–H and O–H groups in total. The number of thiazole rings is 1. The normalized spacial score (nSPS) is 13.1. The number of hydrogen-bond donors (Lipinski definition) is 2. The third kappa shape index (κ3) is 6.70. The number of ether oxygens (including phenoxy) is 3. The van der Waals surface area contributed by atoms with E-state index in [1.54, 1.807) is 0 Å². The summed E-state index contributed by atoms with van der Waals surface area (Å²) in [6.07, 6.45) is -0.801. The summed E-state index contributed by atoms with van der Waals surface area (Å²) < 4.78 is 17.6. The van der Waals surface area contributed by atoms with E-state index >= 15 is 0 Å². The monoisotopic (exact) mass is 409 g/mol. The number of aromatic nitrogens is 1. The van der Waals surface area contributed by atoms with Crippen LogP contribution in [0.3, 0.4) is 0 Å². The summed E-state index contributed by atoms with van der Waals surface area (Å²) in [5, 5.41) is 6.68. The van der Waals surface area contributed by atoms with Crippen molar-refractivity contribution in [1.29, 1.82) is 0 Å². The van der Waals surface area contributed by atoms with E-state index < -0.39 is 11.7 Å². The predicted octanol–water partition coefficient (Wildman–Crippen LogP) is 4.52. The molecule has 0 aliphatic rings. The van der Waals surface area contributed by atoms with Gasteiger partial charge in [-0.3, -0.25) is 5.32 Å². The Morgan fingerprint density at radius 3 is 2.50 bits per heavy atom. The molecule has 0 radical (unpaired) electrons. The second-order valence-corrected chi connectivity index (χ2v) is 8.39. The van der Waals surface area contributed by atoms with E-state index in [2.05, 4.69) is 15.6 Å². The fourth-order valence-corrected chi connectivity index (χ4v) is 3.52. The van der Waals surface area contributed by atoms with Gasteiger partial charge in [-0.05, 0) is 53.2 Å². The molecule has 156 valence electrons. The quantitative estimate of drug-likeness (QED) is 0.593. The minimum Gasteiger partial charge on any atom is -0.444 e. The summed E-state index contributed by atoms with van der Waals surface area (Å²) in [7, 11) is 0. The number of carbonyl (C=O) groups excluding carboxylic acids is 1. The topological polar surface area (TPSA) is 81.7 Å². The van der Waals surface area contributed by atoms with Gasteiger partial charge in [0.15, 0.2) is 11.4 Å². The first-order chi connectivity index (χ1) is 13.2. The molecule has 2 aromatic rings. The Morgan fingerprint density at radius 2 is 1.89 bits per heavy atom. The zero-order valence-corrected chi connectivity index (χ0v) is 18.3. The van der Waals surface area contributed by atoms with Crippen molar-refractivity contribution in [3.8, 4) is 0 Å². The molecule has 0 aliphatic carbocycles. The maximum Gasteiger partial charge on any atom is 0.413 e. The largest absolute Gasteiger partial charge is 0.444 e. The molecular formula is C20H31N3O4S. The average Bonchev–Trinajstić information content (AvgIpc) is 3.00. The fourth-order valence-electron chi connectivity index (χ4n) is 2.63. The van der Waals surface area contributed by atoms with E-state index in [1.165, 1.54) is 11.3 Å². The molecule has 1 aromatic carbocycles. The second-order valence-electron chi connectivity index (χ2n) is 7.36. The maximum atomic E-state index is 12.0. The molecule has 7 nitrogen and oxygen atoms in total. The van der Waals surface area contributed by atoms with Gasteiger partial charge in [-0.1, -0.05) is 23.5 Å². The van der Waals surface area contributed by atoms with Crippen LogP contribution in [0.2, 0.25) is 0 Å². The number of nitrogens with zero attached hydrogens (tertiary/aromatic N) is 1. The predicted molar refractivity (Wildman–Crippen MR) is 113 cm³/mol. The number of anilines is 1. The lowest BCUT2D eigenvalue weighted by molar-refractivity contribution is -0.151. The van der Waals surface area contributed by atoms with Crippen LogP contribution in [-0.4, -0.2) is 42.2 Å². The van der Waals surface area contributed by atoms with Crippen molar-refractivity contribution in [2.75, 3.05) is 18.5 Å². The van der Waals surface area contributed by atoms with Gasteiger partial charge in [-0.15, -0.1) is 0 Å². The molecule has 0 aliphatic heterocycles. The van der Waals surface area contributed by atoms with Crippen LogP contribution >= 0.6 is 11.3 Å². The van der Waals surface area contributed by atoms with E-state index in [9.17, 15) is 4.79 Å². The van der Waals surface area contributed by atoms with E-state index in [1.807, 2.05) is 59.7 Å². The van der Waals surface area contributed by atoms with Gasteiger partial charge >= 0.3 is 6.09 Å². The van der Waals surface area contributed by atoms with E-state index in [-0.39, 0.29) is 12.3 Å². The highest BCUT2D eigenvalue weighted by atomic mass is 32.1. The van der Waals surface area contributed by atoms with Gasteiger partial charge in [0, 0.05) is 19.8 Å². The Balaban J connectivity index is 2.07. The SMILES string of the molecule is CCOC(OCC)[C@H](C)NCc1cccc2sc(NC(=O)OC(C)(C)C)nc12. The van der Waals surface area contributed by atoms with E-state index in [4.69, 9.17) is 14.2 Å². The van der Waals surface area contributed by atoms with Crippen LogP contribution in [-0.2, 0) is 20.8 Å². The minimum atomic E-state index is -0.552. The van der Waals surface area contributed by atoms with Crippen molar-refractivity contribution in [1.82, 2.24) is 10.3 Å². The van der Waals surface area contributed by atoms with Crippen LogP contribution in [0.25, 0.3) is 10.2 Å². The highest BCUT2D eigenvalue weighted by Gasteiger charge is 2.19. The van der Waals surface area contributed by atoms with Gasteiger partial charge in [0.25, 0.3) is 0 Å². The maximum absolute atomic E-state index is 12.0. The van der Waals surface area contributed by atoms with Gasteiger partial charge in [0.05, 0.1) is 16.3 Å². The van der Waals surface area contributed by atoms with Crippen molar-refractivity contribution >= 4 is 32.8 Å². The number of rotatable bonds is 9. The molecule has 1 atom stereocenters. The number of fused-ring (bicyclic) bond motifs is 1. The number of amides is 1. The van der Waals surface area contributed by atoms with Crippen LogP contribution < -0.4 is 10.6 Å². The first-order valence-corrected chi connectivity index (χ1v) is 10.4. The Morgan fingerprint density at radius 1 is 1.21 bits per heavy atom. The van der Waals surface area contributed by atoms with E-state index in [0.29, 0.717) is 24.9 Å². The number of nitrogens with one attached hydrogen (secondary N) is 2. The Kier molecular flexibility index (Phi) is 8.18. The summed E-state index contributed by atoms with van der Waals surface area (Å²) in [5.74, 6) is 0. The van der Waals surface area contributed by atoms with Crippen LogP contribution in [0, 0.1) is 0 Å². The molecule has 0 saturated heterocycles. The molecule has 1 aromatic heterocycles. The Labute approximate surface area is 170 Å². The molecule has 0 fully saturated rings. The van der Waals surface area contributed by atoms with E-state index in [0.717, 1.165) is 15.8 Å². The molecule has 0 bridgehead atoms. The van der Waals surface area contributed by atoms with Crippen molar-refractivity contribution in [2.45, 2.75) is 66.0 Å². The van der Waals surface area contributed by atoms with Gasteiger partial charge in [0.1, 0.15) is 5.60 Å². The molecule has 0 saturated carbocycles. The lowest BCUT2D eigenvalue weighted by Gasteiger charge is -2.24. The zero-order valence-electron chi connectivity index (χ0n) is 17.5. The fraction of sp³-hybridized carbons (Fsp3) is 0.600. The summed E-state index contributed by atoms with van der Waals surface area (Å²) in [4.78, 5) is 16.6. The second kappa shape index (κ2) is 10.2. The number of benzene rings is 1. The average molecular weight is 410 g/mol. The van der Waals surface area contributed by atoms with Crippen LogP contribution in [0.1, 0.15) is 47.1 Å². The third-order valence-corrected chi connectivity index (χ3v) is 4.73. The van der Waals surface area contributed by atoms with Crippen molar-refractivity contribution in [3.63, 3.8) is 0 Å². The lowest BCUT2D eigenvalue weighted by atomic mass is 10.2. The first kappa shape index (κ1) is 22.5. The van der Waals surface area contributed by atoms with Crippen LogP contribution in [0.5, 0.6) is 0 Å². The van der Waals surface area contributed by atoms with Crippen LogP contribution in [0.15, 0.2) is 18.2 Å². The summed E-state index contributed by atoms with van der Waals surface area (Å²) >= 11 is 1.42. The number of carbonyl (C=O) groups is 1. The minimum absolute atomic E-state index is 0.0214. The number of para-hydroxylation sites is 1. The summed E-state index contributed by atoms with van der Waals surface area (Å²) in [6, 6.07) is 6.02. The summed E-state index contributed by atoms with van der Waals surface area (Å²) in [6.45, 7) is 13.2. The summed E-state index contributed by atoms with van der Waals surface area (Å²) in [5.41, 5.74) is 1.36. The molecule has 8 heteroatoms. The molecule has 0 spiro atoms. The first-order valence-electron chi connectivity index (χ1n) is 9.58. The van der Waals surface area contributed by atoms with Gasteiger partial charge < -0.3 is 19.5 Å². The standard InChI is InChI=1S/C20H31N3O4S/c1-7-25-17(26-8-2)13(3)21-12-14-10-9-11-15-16(14)22-18(28-15)23-19(24)27-20(4,5)6/h9-11,13,17,21H,7-8,12H2,1-6H3,(H,22,23,24)/t13-/m0/s1. The van der Waals surface area contributed by atoms with Crippen LogP contribution in [0.4, 0.5) is 9.93 Å². The number of hydrogen-bond acceptors (Lipinski definition) is 7. The molecular weight excluding hydrogens is 378 g/mol. The highest BCUT2D eigenvalue weighted by molar-refractivity contribution is 7.22. The van der Waals surface area contributed by atoms with Crippen molar-refractivity contribution < 1.29 is 19.0 Å². The molecule has 2 rings (SSSR count). The van der Waals surface area contributed by atoms with Gasteiger partial charge in [-0.25, -0.2) is 9.78 Å². The van der Waals surface area contributed by atoms with Crippen molar-refractivity contribution in [2.24, 2.45) is 0 Å². The third-order valence-electron chi connectivity index (χ3n) is 3.80. The lowest BCUT2D eigenvalue weighted by Crippen LogP contribution is -2.40. The molecule has 0 unspecified atom stereocenters. The molecule has 1 amide bonds. The van der Waals surface area contributed by atoms with Gasteiger partial charge in [-0.2, -0.15) is 0 Å². The Hall–Kier alpha value is -1.74.